The second-order valence-electron chi connectivity index (χ2n) is 3.33. The zero-order chi connectivity index (χ0) is 11.3. The third kappa shape index (κ3) is 3.79. The SMILES string of the molecule is CCC(CSC)N(C)c1ncc(I)cn1. The normalized spacial score (nSPS) is 12.5. The van der Waals surface area contributed by atoms with Crippen LogP contribution in [0.3, 0.4) is 0 Å². The highest BCUT2D eigenvalue weighted by atomic mass is 127. The summed E-state index contributed by atoms with van der Waals surface area (Å²) in [7, 11) is 2.06. The third-order valence-corrected chi connectivity index (χ3v) is 3.58. The van der Waals surface area contributed by atoms with Crippen molar-refractivity contribution in [2.24, 2.45) is 0 Å². The van der Waals surface area contributed by atoms with Crippen LogP contribution < -0.4 is 4.90 Å². The van der Waals surface area contributed by atoms with Gasteiger partial charge in [0.25, 0.3) is 0 Å². The third-order valence-electron chi connectivity index (χ3n) is 2.30. The summed E-state index contributed by atoms with van der Waals surface area (Å²) >= 11 is 4.08. The molecule has 3 nitrogen and oxygen atoms in total. The maximum Gasteiger partial charge on any atom is 0.225 e. The Morgan fingerprint density at radius 3 is 2.53 bits per heavy atom. The first-order valence-electron chi connectivity index (χ1n) is 4.88. The van der Waals surface area contributed by atoms with Crippen LogP contribution in [0.5, 0.6) is 0 Å². The van der Waals surface area contributed by atoms with E-state index in [-0.39, 0.29) is 0 Å². The second kappa shape index (κ2) is 6.52. The Bertz CT molecular complexity index is 291. The highest BCUT2D eigenvalue weighted by Crippen LogP contribution is 2.14. The van der Waals surface area contributed by atoms with Crippen molar-refractivity contribution in [3.05, 3.63) is 16.0 Å². The van der Waals surface area contributed by atoms with E-state index in [1.807, 2.05) is 24.2 Å². The zero-order valence-electron chi connectivity index (χ0n) is 9.27. The Balaban J connectivity index is 2.73. The van der Waals surface area contributed by atoms with Crippen LogP contribution in [-0.2, 0) is 0 Å². The van der Waals surface area contributed by atoms with Crippen LogP contribution >= 0.6 is 34.4 Å². The van der Waals surface area contributed by atoms with Gasteiger partial charge in [-0.3, -0.25) is 0 Å². The molecule has 1 aromatic rings. The Hall–Kier alpha value is -0.0400. The number of nitrogens with zero attached hydrogens (tertiary/aromatic N) is 3. The van der Waals surface area contributed by atoms with E-state index in [2.05, 4.69) is 57.7 Å². The van der Waals surface area contributed by atoms with Crippen LogP contribution in [0.1, 0.15) is 13.3 Å². The minimum Gasteiger partial charge on any atom is -0.340 e. The first-order chi connectivity index (χ1) is 7.19. The smallest absolute Gasteiger partial charge is 0.225 e. The van der Waals surface area contributed by atoms with E-state index >= 15 is 0 Å². The lowest BCUT2D eigenvalue weighted by molar-refractivity contribution is 0.657. The lowest BCUT2D eigenvalue weighted by Gasteiger charge is -2.26. The van der Waals surface area contributed by atoms with Crippen LogP contribution in [-0.4, -0.2) is 35.1 Å². The molecule has 0 aliphatic heterocycles. The van der Waals surface area contributed by atoms with Gasteiger partial charge in [-0.25, -0.2) is 9.97 Å². The van der Waals surface area contributed by atoms with Gasteiger partial charge in [-0.05, 0) is 35.3 Å². The molecule has 1 atom stereocenters. The maximum absolute atomic E-state index is 4.33. The molecule has 1 unspecified atom stereocenters. The zero-order valence-corrected chi connectivity index (χ0v) is 12.2. The lowest BCUT2D eigenvalue weighted by Crippen LogP contribution is -2.34. The van der Waals surface area contributed by atoms with Crippen molar-refractivity contribution in [3.8, 4) is 0 Å². The van der Waals surface area contributed by atoms with Gasteiger partial charge in [-0.1, -0.05) is 6.92 Å². The number of thioether (sulfide) groups is 1. The summed E-state index contributed by atoms with van der Waals surface area (Å²) in [6.45, 7) is 2.20. The van der Waals surface area contributed by atoms with E-state index in [0.29, 0.717) is 6.04 Å². The molecular formula is C10H16IN3S. The molecule has 84 valence electrons. The van der Waals surface area contributed by atoms with E-state index in [1.165, 1.54) is 0 Å². The second-order valence-corrected chi connectivity index (χ2v) is 5.49. The van der Waals surface area contributed by atoms with Crippen molar-refractivity contribution < 1.29 is 0 Å². The first-order valence-corrected chi connectivity index (χ1v) is 7.35. The van der Waals surface area contributed by atoms with E-state index in [9.17, 15) is 0 Å². The molecule has 5 heteroatoms. The maximum atomic E-state index is 4.33. The van der Waals surface area contributed by atoms with Crippen molar-refractivity contribution in [1.29, 1.82) is 0 Å². The summed E-state index contributed by atoms with van der Waals surface area (Å²) in [6, 6.07) is 0.514. The lowest BCUT2D eigenvalue weighted by atomic mass is 10.2. The molecule has 0 saturated heterocycles. The molecule has 15 heavy (non-hydrogen) atoms. The Kier molecular flexibility index (Phi) is 5.66. The van der Waals surface area contributed by atoms with Crippen LogP contribution in [0.15, 0.2) is 12.4 Å². The summed E-state index contributed by atoms with van der Waals surface area (Å²) < 4.78 is 1.07. The largest absolute Gasteiger partial charge is 0.340 e. The van der Waals surface area contributed by atoms with Gasteiger partial charge in [0.05, 0.1) is 0 Å². The fourth-order valence-corrected chi connectivity index (χ4v) is 2.47. The van der Waals surface area contributed by atoms with Crippen molar-refractivity contribution in [2.75, 3.05) is 24.0 Å². The quantitative estimate of drug-likeness (QED) is 0.773. The molecule has 0 amide bonds. The highest BCUT2D eigenvalue weighted by molar-refractivity contribution is 14.1. The average Bonchev–Trinajstić information content (AvgIpc) is 2.26. The molecule has 0 aliphatic rings. The summed E-state index contributed by atoms with van der Waals surface area (Å²) in [5.74, 6) is 1.93. The minimum atomic E-state index is 0.514. The molecule has 0 N–H and O–H groups in total. The van der Waals surface area contributed by atoms with Crippen molar-refractivity contribution in [1.82, 2.24) is 9.97 Å². The van der Waals surface area contributed by atoms with E-state index < -0.39 is 0 Å². The number of hydrogen-bond donors (Lipinski definition) is 0. The predicted octanol–water partition coefficient (Wildman–Crippen LogP) is 2.66. The fraction of sp³-hybridized carbons (Fsp3) is 0.600. The van der Waals surface area contributed by atoms with Gasteiger partial charge in [0.1, 0.15) is 0 Å². The molecule has 0 aromatic carbocycles. The minimum absolute atomic E-state index is 0.514. The van der Waals surface area contributed by atoms with Gasteiger partial charge in [-0.2, -0.15) is 11.8 Å². The highest BCUT2D eigenvalue weighted by Gasteiger charge is 2.14. The predicted molar refractivity (Wildman–Crippen MR) is 75.6 cm³/mol. The standard InChI is InChI=1S/C10H16IN3S/c1-4-9(7-15-3)14(2)10-12-5-8(11)6-13-10/h5-6,9H,4,7H2,1-3H3. The first kappa shape index (κ1) is 13.0. The molecule has 1 rings (SSSR count). The average molecular weight is 337 g/mol. The number of anilines is 1. The monoisotopic (exact) mass is 337 g/mol. The molecule has 0 radical (unpaired) electrons. The molecule has 0 fully saturated rings. The van der Waals surface area contributed by atoms with Gasteiger partial charge < -0.3 is 4.90 Å². The summed E-state index contributed by atoms with van der Waals surface area (Å²) in [5, 5.41) is 0. The van der Waals surface area contributed by atoms with Crippen molar-refractivity contribution in [3.63, 3.8) is 0 Å². The molecule has 1 aromatic heterocycles. The Morgan fingerprint density at radius 2 is 2.07 bits per heavy atom. The molecule has 0 saturated carbocycles. The van der Waals surface area contributed by atoms with Crippen LogP contribution in [0.25, 0.3) is 0 Å². The van der Waals surface area contributed by atoms with Crippen LogP contribution in [0.2, 0.25) is 0 Å². The van der Waals surface area contributed by atoms with Crippen molar-refractivity contribution in [2.45, 2.75) is 19.4 Å². The number of halogens is 1. The van der Waals surface area contributed by atoms with E-state index in [0.717, 1.165) is 21.7 Å². The number of rotatable bonds is 5. The summed E-state index contributed by atoms with van der Waals surface area (Å²) in [5.41, 5.74) is 0. The number of hydrogen-bond acceptors (Lipinski definition) is 4. The van der Waals surface area contributed by atoms with Crippen LogP contribution in [0, 0.1) is 3.57 Å². The molecule has 0 spiro atoms. The molecular weight excluding hydrogens is 321 g/mol. The summed E-state index contributed by atoms with van der Waals surface area (Å²) in [6.07, 6.45) is 6.95. The number of aromatic nitrogens is 2. The van der Waals surface area contributed by atoms with E-state index in [4.69, 9.17) is 0 Å². The van der Waals surface area contributed by atoms with Gasteiger partial charge in [0, 0.05) is 34.8 Å². The topological polar surface area (TPSA) is 29.0 Å². The Morgan fingerprint density at radius 1 is 1.47 bits per heavy atom. The summed E-state index contributed by atoms with van der Waals surface area (Å²) in [4.78, 5) is 10.8. The molecule has 0 aliphatic carbocycles. The fourth-order valence-electron chi connectivity index (χ4n) is 1.35. The molecule has 1 heterocycles. The van der Waals surface area contributed by atoms with E-state index in [1.54, 1.807) is 0 Å². The van der Waals surface area contributed by atoms with Crippen LogP contribution in [0.4, 0.5) is 5.95 Å². The van der Waals surface area contributed by atoms with Crippen molar-refractivity contribution >= 4 is 40.3 Å². The Labute approximate surface area is 109 Å². The van der Waals surface area contributed by atoms with Gasteiger partial charge >= 0.3 is 0 Å². The molecule has 0 bridgehead atoms. The van der Waals surface area contributed by atoms with Gasteiger partial charge in [0.15, 0.2) is 0 Å². The van der Waals surface area contributed by atoms with Gasteiger partial charge in [-0.15, -0.1) is 0 Å². The van der Waals surface area contributed by atoms with Gasteiger partial charge in [0.2, 0.25) is 5.95 Å².